The van der Waals surface area contributed by atoms with Gasteiger partial charge in [0.25, 0.3) is 0 Å². The van der Waals surface area contributed by atoms with E-state index in [1.165, 1.54) is 7.11 Å². The molecule has 7 heteroatoms. The molecule has 132 valence electrons. The predicted octanol–water partition coefficient (Wildman–Crippen LogP) is 2.82. The maximum Gasteiger partial charge on any atom is 0.243 e. The highest BCUT2D eigenvalue weighted by Gasteiger charge is 2.09. The summed E-state index contributed by atoms with van der Waals surface area (Å²) >= 11 is 5.87. The Morgan fingerprint density at radius 3 is 2.60 bits per heavy atom. The van der Waals surface area contributed by atoms with Crippen molar-refractivity contribution in [3.8, 4) is 5.75 Å². The SMILES string of the molecule is COc1ccc(C)cc1NC(=O)CNC(=O)CNc1cccc(Cl)c1. The molecular weight excluding hydrogens is 342 g/mol. The molecule has 0 unspecified atom stereocenters. The van der Waals surface area contributed by atoms with E-state index in [0.29, 0.717) is 16.5 Å². The molecule has 2 rings (SSSR count). The van der Waals surface area contributed by atoms with Crippen molar-refractivity contribution in [3.05, 3.63) is 53.1 Å². The Labute approximate surface area is 151 Å². The molecule has 6 nitrogen and oxygen atoms in total. The van der Waals surface area contributed by atoms with E-state index in [1.807, 2.05) is 13.0 Å². The molecule has 0 aliphatic heterocycles. The van der Waals surface area contributed by atoms with Gasteiger partial charge in [-0.1, -0.05) is 23.7 Å². The highest BCUT2D eigenvalue weighted by Crippen LogP contribution is 2.24. The normalized spacial score (nSPS) is 10.0. The van der Waals surface area contributed by atoms with E-state index >= 15 is 0 Å². The van der Waals surface area contributed by atoms with Crippen LogP contribution in [0.3, 0.4) is 0 Å². The van der Waals surface area contributed by atoms with E-state index < -0.39 is 0 Å². The third-order valence-electron chi connectivity index (χ3n) is 3.35. The molecule has 25 heavy (non-hydrogen) atoms. The second-order valence-electron chi connectivity index (χ2n) is 5.39. The lowest BCUT2D eigenvalue weighted by Gasteiger charge is -2.12. The molecule has 0 radical (unpaired) electrons. The van der Waals surface area contributed by atoms with Crippen molar-refractivity contribution in [1.82, 2.24) is 5.32 Å². The van der Waals surface area contributed by atoms with Gasteiger partial charge in [0.1, 0.15) is 5.75 Å². The minimum absolute atomic E-state index is 0.0430. The van der Waals surface area contributed by atoms with E-state index in [0.717, 1.165) is 11.3 Å². The molecule has 2 aromatic carbocycles. The van der Waals surface area contributed by atoms with E-state index in [1.54, 1.807) is 36.4 Å². The third kappa shape index (κ3) is 6.00. The number of carbonyl (C=O) groups is 2. The van der Waals surface area contributed by atoms with Crippen molar-refractivity contribution >= 4 is 34.8 Å². The lowest BCUT2D eigenvalue weighted by atomic mass is 10.2. The zero-order chi connectivity index (χ0) is 18.2. The molecule has 0 aromatic heterocycles. The van der Waals surface area contributed by atoms with Crippen LogP contribution in [0.15, 0.2) is 42.5 Å². The number of rotatable bonds is 7. The Morgan fingerprint density at radius 1 is 1.08 bits per heavy atom. The molecule has 0 fully saturated rings. The van der Waals surface area contributed by atoms with Gasteiger partial charge in [0.05, 0.1) is 25.9 Å². The highest BCUT2D eigenvalue weighted by molar-refractivity contribution is 6.30. The van der Waals surface area contributed by atoms with Crippen LogP contribution in [0.2, 0.25) is 5.02 Å². The number of aryl methyl sites for hydroxylation is 1. The third-order valence-corrected chi connectivity index (χ3v) is 3.59. The van der Waals surface area contributed by atoms with E-state index in [4.69, 9.17) is 16.3 Å². The second kappa shape index (κ2) is 8.94. The fourth-order valence-electron chi connectivity index (χ4n) is 2.14. The van der Waals surface area contributed by atoms with E-state index in [2.05, 4.69) is 16.0 Å². The Balaban J connectivity index is 1.79. The first-order chi connectivity index (χ1) is 12.0. The van der Waals surface area contributed by atoms with Crippen LogP contribution < -0.4 is 20.7 Å². The molecule has 2 aromatic rings. The highest BCUT2D eigenvalue weighted by atomic mass is 35.5. The van der Waals surface area contributed by atoms with Gasteiger partial charge in [-0.25, -0.2) is 0 Å². The van der Waals surface area contributed by atoms with Crippen molar-refractivity contribution in [1.29, 1.82) is 0 Å². The van der Waals surface area contributed by atoms with Gasteiger partial charge in [-0.05, 0) is 42.8 Å². The lowest BCUT2D eigenvalue weighted by Crippen LogP contribution is -2.36. The maximum atomic E-state index is 12.0. The molecule has 0 aliphatic rings. The summed E-state index contributed by atoms with van der Waals surface area (Å²) in [4.78, 5) is 23.8. The molecule has 2 amide bonds. The molecule has 0 bridgehead atoms. The number of anilines is 2. The number of halogens is 1. The van der Waals surface area contributed by atoms with Crippen LogP contribution in [0.1, 0.15) is 5.56 Å². The number of methoxy groups -OCH3 is 1. The van der Waals surface area contributed by atoms with Crippen molar-refractivity contribution in [2.24, 2.45) is 0 Å². The fourth-order valence-corrected chi connectivity index (χ4v) is 2.33. The zero-order valence-electron chi connectivity index (χ0n) is 14.1. The maximum absolute atomic E-state index is 12.0. The number of carbonyl (C=O) groups excluding carboxylic acids is 2. The number of hydrogen-bond donors (Lipinski definition) is 3. The van der Waals surface area contributed by atoms with Crippen LogP contribution in [0.4, 0.5) is 11.4 Å². The number of benzene rings is 2. The summed E-state index contributed by atoms with van der Waals surface area (Å²) < 4.78 is 5.20. The van der Waals surface area contributed by atoms with E-state index in [9.17, 15) is 9.59 Å². The van der Waals surface area contributed by atoms with Crippen LogP contribution in [-0.4, -0.2) is 32.0 Å². The number of ether oxygens (including phenoxy) is 1. The van der Waals surface area contributed by atoms with Crippen molar-refractivity contribution < 1.29 is 14.3 Å². The van der Waals surface area contributed by atoms with Crippen LogP contribution in [0.5, 0.6) is 5.75 Å². The van der Waals surface area contributed by atoms with Gasteiger partial charge >= 0.3 is 0 Å². The Hall–Kier alpha value is -2.73. The largest absolute Gasteiger partial charge is 0.495 e. The standard InChI is InChI=1S/C18H20ClN3O3/c1-12-6-7-16(25-2)15(8-12)22-18(24)11-21-17(23)10-20-14-5-3-4-13(19)9-14/h3-9,20H,10-11H2,1-2H3,(H,21,23)(H,22,24). The number of nitrogens with one attached hydrogen (secondary N) is 3. The molecule has 0 heterocycles. The topological polar surface area (TPSA) is 79.5 Å². The lowest BCUT2D eigenvalue weighted by molar-refractivity contribution is -0.122. The minimum atomic E-state index is -0.333. The average Bonchev–Trinajstić information content (AvgIpc) is 2.58. The summed E-state index contributed by atoms with van der Waals surface area (Å²) in [6.07, 6.45) is 0. The van der Waals surface area contributed by atoms with Gasteiger partial charge in [0.2, 0.25) is 11.8 Å². The summed E-state index contributed by atoms with van der Waals surface area (Å²) in [7, 11) is 1.53. The van der Waals surface area contributed by atoms with Gasteiger partial charge in [-0.15, -0.1) is 0 Å². The molecule has 0 aliphatic carbocycles. The average molecular weight is 362 g/mol. The number of hydrogen-bond acceptors (Lipinski definition) is 4. The van der Waals surface area contributed by atoms with Gasteiger partial charge in [0.15, 0.2) is 0 Å². The van der Waals surface area contributed by atoms with Crippen LogP contribution in [0.25, 0.3) is 0 Å². The van der Waals surface area contributed by atoms with Gasteiger partial charge in [-0.3, -0.25) is 9.59 Å². The summed E-state index contributed by atoms with van der Waals surface area (Å²) in [5.74, 6) is -0.0702. The monoisotopic (exact) mass is 361 g/mol. The fraction of sp³-hybridized carbons (Fsp3) is 0.222. The van der Waals surface area contributed by atoms with E-state index in [-0.39, 0.29) is 24.9 Å². The predicted molar refractivity (Wildman–Crippen MR) is 99.3 cm³/mol. The first-order valence-corrected chi connectivity index (χ1v) is 8.06. The van der Waals surface area contributed by atoms with Crippen molar-refractivity contribution in [3.63, 3.8) is 0 Å². The minimum Gasteiger partial charge on any atom is -0.495 e. The summed E-state index contributed by atoms with van der Waals surface area (Å²) in [6, 6.07) is 12.5. The molecular formula is C18H20ClN3O3. The second-order valence-corrected chi connectivity index (χ2v) is 5.83. The Kier molecular flexibility index (Phi) is 6.65. The molecule has 0 saturated carbocycles. The summed E-state index contributed by atoms with van der Waals surface area (Å²) in [5, 5.41) is 8.79. The molecule has 3 N–H and O–H groups in total. The van der Waals surface area contributed by atoms with Crippen LogP contribution in [-0.2, 0) is 9.59 Å². The Bertz CT molecular complexity index is 765. The van der Waals surface area contributed by atoms with Crippen molar-refractivity contribution in [2.45, 2.75) is 6.92 Å². The van der Waals surface area contributed by atoms with Gasteiger partial charge in [-0.2, -0.15) is 0 Å². The molecule has 0 saturated heterocycles. The zero-order valence-corrected chi connectivity index (χ0v) is 14.8. The first-order valence-electron chi connectivity index (χ1n) is 7.68. The van der Waals surface area contributed by atoms with Crippen molar-refractivity contribution in [2.75, 3.05) is 30.8 Å². The summed E-state index contributed by atoms with van der Waals surface area (Å²) in [6.45, 7) is 1.83. The number of amides is 2. The molecule has 0 atom stereocenters. The smallest absolute Gasteiger partial charge is 0.243 e. The quantitative estimate of drug-likeness (QED) is 0.708. The molecule has 0 spiro atoms. The van der Waals surface area contributed by atoms with Crippen LogP contribution in [0, 0.1) is 6.92 Å². The van der Waals surface area contributed by atoms with Gasteiger partial charge in [0, 0.05) is 10.7 Å². The van der Waals surface area contributed by atoms with Crippen LogP contribution >= 0.6 is 11.6 Å². The first kappa shape index (κ1) is 18.6. The Morgan fingerprint density at radius 2 is 1.88 bits per heavy atom. The summed E-state index contributed by atoms with van der Waals surface area (Å²) in [5.41, 5.74) is 2.29. The van der Waals surface area contributed by atoms with Gasteiger partial charge < -0.3 is 20.7 Å².